The molecule has 1 aliphatic heterocycles. The molecule has 0 bridgehead atoms. The van der Waals surface area contributed by atoms with Crippen molar-refractivity contribution in [2.45, 2.75) is 71.3 Å². The Morgan fingerprint density at radius 3 is 2.21 bits per heavy atom. The Labute approximate surface area is 170 Å². The van der Waals surface area contributed by atoms with Crippen LogP contribution in [-0.4, -0.2) is 51.3 Å². The first kappa shape index (κ1) is 21.1. The number of carboxylic acids is 1. The second kappa shape index (κ2) is 7.35. The lowest BCUT2D eigenvalue weighted by atomic mass is 9.49. The molecule has 5 N–H and O–H groups in total. The monoisotopic (exact) mass is 406 g/mol. The predicted octanol–water partition coefficient (Wildman–Crippen LogP) is 1.52. The van der Waals surface area contributed by atoms with Crippen molar-refractivity contribution < 1.29 is 24.3 Å². The minimum absolute atomic E-state index is 0.0329. The highest BCUT2D eigenvalue weighted by atomic mass is 16.4. The number of aliphatic carboxylic acids is 1. The molecule has 0 unspecified atom stereocenters. The van der Waals surface area contributed by atoms with Crippen molar-refractivity contribution >= 4 is 23.8 Å². The standard InChI is InChI=1S/C20H30N4O5/c1-3-4-9-23-15(25)13(14(21)22)16(26)24(18(23)29)12-5-7-20(8-6-12)10-19(2,11-20)17(27)28/h12H,3-11,21-22H2,1-2H3,(H,27,28). The summed E-state index contributed by atoms with van der Waals surface area (Å²) in [4.78, 5) is 52.1. The van der Waals surface area contributed by atoms with Crippen LogP contribution in [0.4, 0.5) is 4.79 Å². The van der Waals surface area contributed by atoms with Gasteiger partial charge in [0.1, 0.15) is 11.4 Å². The molecule has 2 aliphatic carbocycles. The molecule has 1 spiro atoms. The van der Waals surface area contributed by atoms with Crippen LogP contribution in [0, 0.1) is 10.8 Å². The van der Waals surface area contributed by atoms with Crippen LogP contribution in [-0.2, 0) is 14.4 Å². The van der Waals surface area contributed by atoms with Gasteiger partial charge in [-0.2, -0.15) is 0 Å². The number of rotatable bonds is 5. The molecule has 0 atom stereocenters. The van der Waals surface area contributed by atoms with E-state index in [9.17, 15) is 24.3 Å². The number of amides is 4. The zero-order valence-electron chi connectivity index (χ0n) is 17.1. The molecule has 29 heavy (non-hydrogen) atoms. The van der Waals surface area contributed by atoms with Crippen molar-refractivity contribution in [2.24, 2.45) is 22.3 Å². The number of nitrogens with two attached hydrogens (primary N) is 2. The highest BCUT2D eigenvalue weighted by molar-refractivity contribution is 6.29. The third kappa shape index (κ3) is 3.47. The molecule has 0 radical (unpaired) electrons. The maximum atomic E-state index is 13.0. The van der Waals surface area contributed by atoms with Gasteiger partial charge >= 0.3 is 12.0 Å². The average Bonchev–Trinajstić information content (AvgIpc) is 2.61. The van der Waals surface area contributed by atoms with E-state index in [1.165, 1.54) is 0 Å². The fourth-order valence-electron chi connectivity index (χ4n) is 5.31. The summed E-state index contributed by atoms with van der Waals surface area (Å²) in [6, 6.07) is -0.952. The zero-order valence-corrected chi connectivity index (χ0v) is 17.1. The topological polar surface area (TPSA) is 147 Å². The summed E-state index contributed by atoms with van der Waals surface area (Å²) in [6.07, 6.45) is 5.31. The van der Waals surface area contributed by atoms with E-state index >= 15 is 0 Å². The van der Waals surface area contributed by atoms with Gasteiger partial charge in [0.2, 0.25) is 0 Å². The van der Waals surface area contributed by atoms with Gasteiger partial charge in [-0.25, -0.2) is 4.79 Å². The molecule has 160 valence electrons. The number of hydrogen-bond acceptors (Lipinski definition) is 6. The van der Waals surface area contributed by atoms with Crippen molar-refractivity contribution in [1.29, 1.82) is 0 Å². The number of carbonyl (C=O) groups excluding carboxylic acids is 3. The van der Waals surface area contributed by atoms with Crippen molar-refractivity contribution in [1.82, 2.24) is 9.80 Å². The summed E-state index contributed by atoms with van der Waals surface area (Å²) in [5.41, 5.74) is 10.2. The summed E-state index contributed by atoms with van der Waals surface area (Å²) in [6.45, 7) is 3.92. The molecule has 3 rings (SSSR count). The second-order valence-electron chi connectivity index (χ2n) is 9.05. The Balaban J connectivity index is 1.76. The number of carboxylic acid groups (broad SMARTS) is 1. The molecule has 0 aromatic carbocycles. The van der Waals surface area contributed by atoms with Crippen LogP contribution >= 0.6 is 0 Å². The second-order valence-corrected chi connectivity index (χ2v) is 9.05. The van der Waals surface area contributed by atoms with Crippen LogP contribution in [0.3, 0.4) is 0 Å². The van der Waals surface area contributed by atoms with Gasteiger partial charge in [0.15, 0.2) is 0 Å². The van der Waals surface area contributed by atoms with Gasteiger partial charge in [-0.05, 0) is 57.3 Å². The first-order valence-electron chi connectivity index (χ1n) is 10.2. The largest absolute Gasteiger partial charge is 0.481 e. The Kier molecular flexibility index (Phi) is 5.36. The van der Waals surface area contributed by atoms with Crippen LogP contribution < -0.4 is 11.5 Å². The van der Waals surface area contributed by atoms with Crippen molar-refractivity contribution in [3.63, 3.8) is 0 Å². The molecule has 0 aromatic heterocycles. The number of unbranched alkanes of at least 4 members (excludes halogenated alkanes) is 1. The molecule has 1 heterocycles. The van der Waals surface area contributed by atoms with Gasteiger partial charge in [0, 0.05) is 12.6 Å². The van der Waals surface area contributed by atoms with Crippen molar-refractivity contribution in [2.75, 3.05) is 6.54 Å². The Hall–Kier alpha value is -2.58. The minimum Gasteiger partial charge on any atom is -0.481 e. The third-order valence-corrected chi connectivity index (χ3v) is 6.78. The molecular formula is C20H30N4O5. The van der Waals surface area contributed by atoms with E-state index in [0.29, 0.717) is 32.1 Å². The highest BCUT2D eigenvalue weighted by Gasteiger charge is 2.57. The summed E-state index contributed by atoms with van der Waals surface area (Å²) in [5.74, 6) is -2.60. The number of urea groups is 1. The number of nitrogens with zero attached hydrogens (tertiary/aromatic N) is 2. The lowest BCUT2D eigenvalue weighted by Crippen LogP contribution is -2.61. The summed E-state index contributed by atoms with van der Waals surface area (Å²) < 4.78 is 0. The van der Waals surface area contributed by atoms with E-state index in [1.807, 2.05) is 6.92 Å². The van der Waals surface area contributed by atoms with Crippen molar-refractivity contribution in [3.8, 4) is 0 Å². The van der Waals surface area contributed by atoms with Gasteiger partial charge in [0.25, 0.3) is 11.8 Å². The molecule has 2 saturated carbocycles. The molecule has 9 nitrogen and oxygen atoms in total. The normalized spacial score (nSPS) is 32.6. The van der Waals surface area contributed by atoms with Gasteiger partial charge in [-0.1, -0.05) is 13.3 Å². The van der Waals surface area contributed by atoms with Crippen LogP contribution in [0.15, 0.2) is 11.4 Å². The number of carbonyl (C=O) groups is 4. The van der Waals surface area contributed by atoms with Gasteiger partial charge in [0.05, 0.1) is 5.41 Å². The lowest BCUT2D eigenvalue weighted by Gasteiger charge is -2.56. The SMILES string of the molecule is CCCCN1C(=O)C(=C(N)N)C(=O)N(C2CCC3(CC2)CC(C)(C(=O)O)C3)C1=O. The van der Waals surface area contributed by atoms with Gasteiger partial charge in [-0.3, -0.25) is 24.2 Å². The van der Waals surface area contributed by atoms with Crippen LogP contribution in [0.1, 0.15) is 65.2 Å². The molecule has 9 heteroatoms. The Morgan fingerprint density at radius 2 is 1.72 bits per heavy atom. The zero-order chi connectivity index (χ0) is 21.6. The van der Waals surface area contributed by atoms with E-state index < -0.39 is 29.2 Å². The Bertz CT molecular complexity index is 770. The minimum atomic E-state index is -0.773. The van der Waals surface area contributed by atoms with Crippen LogP contribution in [0.5, 0.6) is 0 Å². The van der Waals surface area contributed by atoms with Crippen molar-refractivity contribution in [3.05, 3.63) is 11.4 Å². The lowest BCUT2D eigenvalue weighted by molar-refractivity contribution is -0.167. The average molecular weight is 406 g/mol. The first-order chi connectivity index (χ1) is 13.5. The first-order valence-corrected chi connectivity index (χ1v) is 10.2. The quantitative estimate of drug-likeness (QED) is 0.463. The van der Waals surface area contributed by atoms with E-state index in [4.69, 9.17) is 11.5 Å². The smallest absolute Gasteiger partial charge is 0.334 e. The maximum absolute atomic E-state index is 13.0. The number of barbiturate groups is 1. The molecule has 3 aliphatic rings. The summed E-state index contributed by atoms with van der Waals surface area (Å²) >= 11 is 0. The molecule has 0 aromatic rings. The fraction of sp³-hybridized carbons (Fsp3) is 0.700. The van der Waals surface area contributed by atoms with Crippen LogP contribution in [0.25, 0.3) is 0 Å². The van der Waals surface area contributed by atoms with Crippen LogP contribution in [0.2, 0.25) is 0 Å². The third-order valence-electron chi connectivity index (χ3n) is 6.78. The number of hydrogen-bond donors (Lipinski definition) is 3. The maximum Gasteiger partial charge on any atom is 0.334 e. The van der Waals surface area contributed by atoms with E-state index in [2.05, 4.69) is 0 Å². The predicted molar refractivity (Wildman–Crippen MR) is 104 cm³/mol. The summed E-state index contributed by atoms with van der Waals surface area (Å²) in [7, 11) is 0. The molecule has 3 fully saturated rings. The van der Waals surface area contributed by atoms with E-state index in [1.54, 1.807) is 6.92 Å². The Morgan fingerprint density at radius 1 is 1.14 bits per heavy atom. The fourth-order valence-corrected chi connectivity index (χ4v) is 5.31. The number of imide groups is 2. The molecular weight excluding hydrogens is 376 g/mol. The van der Waals surface area contributed by atoms with E-state index in [0.717, 1.165) is 29.1 Å². The van der Waals surface area contributed by atoms with Gasteiger partial charge in [-0.15, -0.1) is 0 Å². The van der Waals surface area contributed by atoms with E-state index in [-0.39, 0.29) is 29.4 Å². The highest BCUT2D eigenvalue weighted by Crippen LogP contribution is 2.61. The summed E-state index contributed by atoms with van der Waals surface area (Å²) in [5, 5.41) is 9.37. The molecule has 1 saturated heterocycles. The van der Waals surface area contributed by atoms with Gasteiger partial charge < -0.3 is 16.6 Å². The molecule has 4 amide bonds.